The number of hydrogen-bond acceptors (Lipinski definition) is 1. The van der Waals surface area contributed by atoms with E-state index < -0.39 is 0 Å². The van der Waals surface area contributed by atoms with Gasteiger partial charge in [-0.3, -0.25) is 0 Å². The van der Waals surface area contributed by atoms with E-state index in [1.807, 2.05) is 6.92 Å². The monoisotopic (exact) mass is 162 g/mol. The van der Waals surface area contributed by atoms with Crippen molar-refractivity contribution < 1.29 is 5.11 Å². The van der Waals surface area contributed by atoms with Crippen molar-refractivity contribution in [3.8, 4) is 0 Å². The molecule has 0 aromatic heterocycles. The first-order valence-electron chi connectivity index (χ1n) is 4.35. The van der Waals surface area contributed by atoms with Crippen molar-refractivity contribution in [3.05, 3.63) is 29.3 Å². The van der Waals surface area contributed by atoms with Gasteiger partial charge in [-0.1, -0.05) is 42.9 Å². The normalized spacial score (nSPS) is 10.0. The summed E-state index contributed by atoms with van der Waals surface area (Å²) in [6.45, 7) is 6.97. The smallest absolute Gasteiger partial charge is 0.170 e. The Morgan fingerprint density at radius 2 is 2.00 bits per heavy atom. The third-order valence-electron chi connectivity index (χ3n) is 2.09. The molecule has 12 heavy (non-hydrogen) atoms. The Morgan fingerprint density at radius 1 is 1.33 bits per heavy atom. The first-order valence-corrected chi connectivity index (χ1v) is 4.35. The fourth-order valence-electron chi connectivity index (χ4n) is 1.43. The molecule has 1 N–H and O–H groups in total. The van der Waals surface area contributed by atoms with Crippen LogP contribution in [0.25, 0.3) is 0 Å². The van der Waals surface area contributed by atoms with E-state index in [1.54, 1.807) is 0 Å². The van der Waals surface area contributed by atoms with Crippen LogP contribution in [-0.4, -0.2) is 11.8 Å². The molecule has 0 saturated carbocycles. The van der Waals surface area contributed by atoms with Crippen LogP contribution in [0.15, 0.2) is 18.2 Å². The molecule has 2 heteroatoms. The van der Waals surface area contributed by atoms with Crippen LogP contribution in [0.4, 0.5) is 0 Å². The Kier molecular flexibility index (Phi) is 2.93. The average Bonchev–Trinajstić information content (AvgIpc) is 2.03. The largest absolute Gasteiger partial charge is 0.392 e. The predicted octanol–water partition coefficient (Wildman–Crippen LogP) is 1.45. The lowest BCUT2D eigenvalue weighted by Gasteiger charge is -2.09. The van der Waals surface area contributed by atoms with E-state index in [0.717, 1.165) is 5.56 Å². The summed E-state index contributed by atoms with van der Waals surface area (Å²) in [5.74, 6) is 0. The molecule has 0 radical (unpaired) electrons. The lowest BCUT2D eigenvalue weighted by molar-refractivity contribution is 0.283. The van der Waals surface area contributed by atoms with Crippen LogP contribution in [0.3, 0.4) is 0 Å². The lowest BCUT2D eigenvalue weighted by atomic mass is 9.48. The Balaban J connectivity index is 3.11. The lowest BCUT2D eigenvalue weighted by Crippen LogP contribution is -2.26. The molecule has 0 fully saturated rings. The molecule has 0 heterocycles. The number of rotatable bonds is 2. The van der Waals surface area contributed by atoms with E-state index in [4.69, 9.17) is 5.11 Å². The standard InChI is InChI=1S/C10H15BO/c1-8-4-5-10(11(2)3)9(6-8)7-12/h4-6,12H,7H2,1-3H3. The van der Waals surface area contributed by atoms with Crippen LogP contribution in [0.5, 0.6) is 0 Å². The first-order chi connectivity index (χ1) is 5.65. The van der Waals surface area contributed by atoms with Crippen molar-refractivity contribution in [3.63, 3.8) is 0 Å². The highest BCUT2D eigenvalue weighted by Gasteiger charge is 2.07. The fourth-order valence-corrected chi connectivity index (χ4v) is 1.43. The molecule has 0 spiro atoms. The summed E-state index contributed by atoms with van der Waals surface area (Å²) in [5.41, 5.74) is 3.52. The fraction of sp³-hybridized carbons (Fsp3) is 0.400. The van der Waals surface area contributed by atoms with Crippen molar-refractivity contribution in [2.45, 2.75) is 27.2 Å². The number of hydrogen-bond donors (Lipinski definition) is 1. The summed E-state index contributed by atoms with van der Waals surface area (Å²) in [5, 5.41) is 9.09. The van der Waals surface area contributed by atoms with Crippen molar-refractivity contribution in [1.82, 2.24) is 0 Å². The molecule has 0 aliphatic rings. The van der Waals surface area contributed by atoms with Gasteiger partial charge in [0.2, 0.25) is 0 Å². The van der Waals surface area contributed by atoms with E-state index in [9.17, 15) is 0 Å². The Labute approximate surface area is 74.5 Å². The Bertz CT molecular complexity index is 269. The second-order valence-electron chi connectivity index (χ2n) is 3.52. The zero-order chi connectivity index (χ0) is 9.14. The van der Waals surface area contributed by atoms with Gasteiger partial charge in [-0.15, -0.1) is 0 Å². The summed E-state index contributed by atoms with van der Waals surface area (Å²) in [7, 11) is 0. The molecule has 1 rings (SSSR count). The minimum atomic E-state index is 0.148. The molecule has 0 unspecified atom stereocenters. The van der Waals surface area contributed by atoms with Gasteiger partial charge in [0.05, 0.1) is 6.61 Å². The van der Waals surface area contributed by atoms with Gasteiger partial charge in [0, 0.05) is 0 Å². The third kappa shape index (κ3) is 1.89. The van der Waals surface area contributed by atoms with Crippen LogP contribution < -0.4 is 5.46 Å². The molecule has 0 bridgehead atoms. The summed E-state index contributed by atoms with van der Waals surface area (Å²) in [6.07, 6.45) is 0. The second-order valence-corrected chi connectivity index (χ2v) is 3.52. The van der Waals surface area contributed by atoms with Crippen LogP contribution in [0.1, 0.15) is 11.1 Å². The molecular weight excluding hydrogens is 147 g/mol. The SMILES string of the molecule is CB(C)c1ccc(C)cc1CO. The van der Waals surface area contributed by atoms with Crippen molar-refractivity contribution >= 4 is 12.2 Å². The van der Waals surface area contributed by atoms with Gasteiger partial charge in [-0.25, -0.2) is 0 Å². The van der Waals surface area contributed by atoms with Gasteiger partial charge >= 0.3 is 0 Å². The average molecular weight is 162 g/mol. The van der Waals surface area contributed by atoms with Crippen LogP contribution in [0, 0.1) is 6.92 Å². The van der Waals surface area contributed by atoms with Gasteiger partial charge in [0.15, 0.2) is 6.71 Å². The molecule has 1 nitrogen and oxygen atoms in total. The maximum atomic E-state index is 9.09. The third-order valence-corrected chi connectivity index (χ3v) is 2.09. The first kappa shape index (κ1) is 9.33. The highest BCUT2D eigenvalue weighted by molar-refractivity contribution is 6.71. The maximum absolute atomic E-state index is 9.09. The van der Waals surface area contributed by atoms with Gasteiger partial charge in [0.1, 0.15) is 0 Å². The van der Waals surface area contributed by atoms with Gasteiger partial charge in [-0.2, -0.15) is 0 Å². The molecule has 1 aromatic rings. The second kappa shape index (κ2) is 3.77. The summed E-state index contributed by atoms with van der Waals surface area (Å²) >= 11 is 0. The summed E-state index contributed by atoms with van der Waals surface area (Å²) < 4.78 is 0. The highest BCUT2D eigenvalue weighted by Crippen LogP contribution is 2.03. The van der Waals surface area contributed by atoms with Crippen LogP contribution in [0.2, 0.25) is 13.6 Å². The number of benzene rings is 1. The number of aliphatic hydroxyl groups excluding tert-OH is 1. The summed E-state index contributed by atoms with van der Waals surface area (Å²) in [4.78, 5) is 0. The molecule has 64 valence electrons. The van der Waals surface area contributed by atoms with E-state index in [0.29, 0.717) is 6.71 Å². The molecule has 0 aliphatic carbocycles. The molecule has 0 atom stereocenters. The molecular formula is C10H15BO. The molecule has 0 amide bonds. The quantitative estimate of drug-likeness (QED) is 0.652. The van der Waals surface area contributed by atoms with E-state index in [1.165, 1.54) is 11.0 Å². The minimum absolute atomic E-state index is 0.148. The van der Waals surface area contributed by atoms with Crippen molar-refractivity contribution in [2.75, 3.05) is 0 Å². The van der Waals surface area contributed by atoms with Crippen LogP contribution >= 0.6 is 0 Å². The van der Waals surface area contributed by atoms with E-state index in [-0.39, 0.29) is 6.61 Å². The van der Waals surface area contributed by atoms with Gasteiger partial charge in [-0.05, 0) is 12.5 Å². The molecule has 1 aromatic carbocycles. The predicted molar refractivity (Wildman–Crippen MR) is 54.2 cm³/mol. The van der Waals surface area contributed by atoms with Crippen molar-refractivity contribution in [1.29, 1.82) is 0 Å². The Morgan fingerprint density at radius 3 is 2.50 bits per heavy atom. The minimum Gasteiger partial charge on any atom is -0.392 e. The van der Waals surface area contributed by atoms with Crippen molar-refractivity contribution in [2.24, 2.45) is 0 Å². The Hall–Kier alpha value is -0.755. The topological polar surface area (TPSA) is 20.2 Å². The molecule has 0 saturated heterocycles. The zero-order valence-corrected chi connectivity index (χ0v) is 7.96. The number of aliphatic hydroxyl groups is 1. The zero-order valence-electron chi connectivity index (χ0n) is 7.96. The van der Waals surface area contributed by atoms with Gasteiger partial charge < -0.3 is 5.11 Å². The van der Waals surface area contributed by atoms with Crippen LogP contribution in [-0.2, 0) is 6.61 Å². The van der Waals surface area contributed by atoms with E-state index >= 15 is 0 Å². The van der Waals surface area contributed by atoms with Gasteiger partial charge in [0.25, 0.3) is 0 Å². The van der Waals surface area contributed by atoms with E-state index in [2.05, 4.69) is 31.8 Å². The highest BCUT2D eigenvalue weighted by atomic mass is 16.3. The molecule has 0 aliphatic heterocycles. The maximum Gasteiger partial charge on any atom is 0.170 e. The summed E-state index contributed by atoms with van der Waals surface area (Å²) in [6, 6.07) is 6.25. The number of aryl methyl sites for hydroxylation is 1.